The topological polar surface area (TPSA) is 64.2 Å². The van der Waals surface area contributed by atoms with Gasteiger partial charge in [-0.1, -0.05) is 30.3 Å². The van der Waals surface area contributed by atoms with E-state index in [2.05, 4.69) is 32.7 Å². The van der Waals surface area contributed by atoms with Gasteiger partial charge in [0.15, 0.2) is 0 Å². The summed E-state index contributed by atoms with van der Waals surface area (Å²) < 4.78 is 7.25. The van der Waals surface area contributed by atoms with Crippen molar-refractivity contribution in [3.63, 3.8) is 0 Å². The smallest absolute Gasteiger partial charge is 0.257 e. The van der Waals surface area contributed by atoms with Crippen LogP contribution in [0.3, 0.4) is 0 Å². The maximum absolute atomic E-state index is 13.0. The highest BCUT2D eigenvalue weighted by Gasteiger charge is 2.32. The molecule has 1 aliphatic heterocycles. The summed E-state index contributed by atoms with van der Waals surface area (Å²) in [6.45, 7) is 1.85. The van der Waals surface area contributed by atoms with E-state index in [9.17, 15) is 4.79 Å². The van der Waals surface area contributed by atoms with Crippen LogP contribution >= 0.6 is 0 Å². The lowest BCUT2D eigenvalue weighted by Gasteiger charge is -2.34. The number of nitrogens with zero attached hydrogens (tertiary/aromatic N) is 4. The molecule has 6 heteroatoms. The molecule has 0 radical (unpaired) electrons. The fourth-order valence-electron chi connectivity index (χ4n) is 4.00. The molecule has 0 spiro atoms. The second-order valence-electron chi connectivity index (χ2n) is 7.22. The predicted molar refractivity (Wildman–Crippen MR) is 107 cm³/mol. The lowest BCUT2D eigenvalue weighted by molar-refractivity contribution is 0.0722. The van der Waals surface area contributed by atoms with Crippen LogP contribution in [0.5, 0.6) is 0 Å². The molecule has 4 aromatic rings. The Bertz CT molecular complexity index is 1120. The monoisotopic (exact) mass is 384 g/mol. The molecular weight excluding hydrogens is 364 g/mol. The van der Waals surface area contributed by atoms with E-state index in [1.165, 1.54) is 18.1 Å². The lowest BCUT2D eigenvalue weighted by Crippen LogP contribution is -2.39. The van der Waals surface area contributed by atoms with Gasteiger partial charge in [0.2, 0.25) is 0 Å². The van der Waals surface area contributed by atoms with Crippen molar-refractivity contribution in [3.8, 4) is 0 Å². The number of carbonyl (C=O) groups is 1. The Labute approximate surface area is 168 Å². The third-order valence-electron chi connectivity index (χ3n) is 5.39. The standard InChI is InChI=1S/C23H20N4O2/c28-23(19-7-11-29-16-19)27-14-18-5-1-2-6-20(18)21(15-27)22-25-9-10-26(22)13-17-4-3-8-24-12-17/h1-12,16,21H,13-15H2/t21-/m0/s1. The quantitative estimate of drug-likeness (QED) is 0.538. The number of furan rings is 1. The third kappa shape index (κ3) is 3.33. The van der Waals surface area contributed by atoms with Crippen LogP contribution in [0.4, 0.5) is 0 Å². The molecule has 0 aliphatic carbocycles. The largest absolute Gasteiger partial charge is 0.472 e. The first-order chi connectivity index (χ1) is 14.3. The molecule has 0 unspecified atom stereocenters. The first-order valence-electron chi connectivity index (χ1n) is 9.59. The van der Waals surface area contributed by atoms with Crippen LogP contribution in [-0.2, 0) is 13.1 Å². The van der Waals surface area contributed by atoms with Crippen LogP contribution in [0, 0.1) is 0 Å². The Kier molecular flexibility index (Phi) is 4.44. The van der Waals surface area contributed by atoms with Crippen molar-refractivity contribution in [2.24, 2.45) is 0 Å². The van der Waals surface area contributed by atoms with Crippen molar-refractivity contribution in [3.05, 3.63) is 108 Å². The fourth-order valence-corrected chi connectivity index (χ4v) is 4.00. The number of fused-ring (bicyclic) bond motifs is 1. The zero-order valence-electron chi connectivity index (χ0n) is 15.8. The van der Waals surface area contributed by atoms with Crippen LogP contribution in [0.25, 0.3) is 0 Å². The molecule has 29 heavy (non-hydrogen) atoms. The normalized spacial score (nSPS) is 15.9. The van der Waals surface area contributed by atoms with Crippen molar-refractivity contribution in [1.82, 2.24) is 19.4 Å². The SMILES string of the molecule is O=C(c1ccoc1)N1Cc2ccccc2[C@@H](c2nccn2Cc2cccnc2)C1. The lowest BCUT2D eigenvalue weighted by atomic mass is 9.88. The van der Waals surface area contributed by atoms with Crippen LogP contribution < -0.4 is 0 Å². The Morgan fingerprint density at radius 2 is 2.07 bits per heavy atom. The Morgan fingerprint density at radius 1 is 1.14 bits per heavy atom. The van der Waals surface area contributed by atoms with Gasteiger partial charge in [0.25, 0.3) is 5.91 Å². The van der Waals surface area contributed by atoms with Gasteiger partial charge in [-0.3, -0.25) is 9.78 Å². The molecule has 3 aromatic heterocycles. The number of rotatable bonds is 4. The van der Waals surface area contributed by atoms with Gasteiger partial charge in [-0.2, -0.15) is 0 Å². The minimum absolute atomic E-state index is 0.00229. The highest BCUT2D eigenvalue weighted by molar-refractivity contribution is 5.94. The molecule has 0 bridgehead atoms. The Morgan fingerprint density at radius 3 is 2.90 bits per heavy atom. The maximum atomic E-state index is 13.0. The van der Waals surface area contributed by atoms with E-state index in [1.807, 2.05) is 41.7 Å². The molecule has 0 fully saturated rings. The first-order valence-corrected chi connectivity index (χ1v) is 9.59. The van der Waals surface area contributed by atoms with E-state index in [4.69, 9.17) is 4.42 Å². The van der Waals surface area contributed by atoms with Crippen molar-refractivity contribution in [1.29, 1.82) is 0 Å². The van der Waals surface area contributed by atoms with Gasteiger partial charge in [-0.25, -0.2) is 4.98 Å². The van der Waals surface area contributed by atoms with Gasteiger partial charge in [-0.05, 0) is 28.8 Å². The van der Waals surface area contributed by atoms with E-state index >= 15 is 0 Å². The van der Waals surface area contributed by atoms with Gasteiger partial charge in [0.1, 0.15) is 12.1 Å². The van der Waals surface area contributed by atoms with Gasteiger partial charge in [-0.15, -0.1) is 0 Å². The van der Waals surface area contributed by atoms with Crippen molar-refractivity contribution in [2.45, 2.75) is 19.0 Å². The molecule has 0 N–H and O–H groups in total. The molecule has 4 heterocycles. The number of hydrogen-bond acceptors (Lipinski definition) is 4. The summed E-state index contributed by atoms with van der Waals surface area (Å²) in [7, 11) is 0. The summed E-state index contributed by atoms with van der Waals surface area (Å²) in [4.78, 5) is 23.8. The molecule has 0 saturated carbocycles. The second-order valence-corrected chi connectivity index (χ2v) is 7.22. The molecule has 1 atom stereocenters. The average Bonchev–Trinajstić information content (AvgIpc) is 3.45. The summed E-state index contributed by atoms with van der Waals surface area (Å²) in [6.07, 6.45) is 10.5. The zero-order chi connectivity index (χ0) is 19.6. The van der Waals surface area contributed by atoms with Crippen LogP contribution in [0.2, 0.25) is 0 Å². The predicted octanol–water partition coefficient (Wildman–Crippen LogP) is 3.71. The highest BCUT2D eigenvalue weighted by Crippen LogP contribution is 2.33. The fraction of sp³-hybridized carbons (Fsp3) is 0.174. The van der Waals surface area contributed by atoms with Gasteiger partial charge >= 0.3 is 0 Å². The first kappa shape index (κ1) is 17.4. The van der Waals surface area contributed by atoms with Crippen molar-refractivity contribution >= 4 is 5.91 Å². The summed E-state index contributed by atoms with van der Waals surface area (Å²) in [6, 6.07) is 14.0. The van der Waals surface area contributed by atoms with Gasteiger partial charge in [0, 0.05) is 37.9 Å². The third-order valence-corrected chi connectivity index (χ3v) is 5.39. The highest BCUT2D eigenvalue weighted by atomic mass is 16.3. The zero-order valence-corrected chi connectivity index (χ0v) is 15.8. The molecule has 0 saturated heterocycles. The van der Waals surface area contributed by atoms with Crippen molar-refractivity contribution < 1.29 is 9.21 Å². The van der Waals surface area contributed by atoms with Gasteiger partial charge in [0.05, 0.1) is 24.3 Å². The number of pyridine rings is 1. The average molecular weight is 384 g/mol. The van der Waals surface area contributed by atoms with Crippen LogP contribution in [-0.4, -0.2) is 31.9 Å². The van der Waals surface area contributed by atoms with E-state index < -0.39 is 0 Å². The maximum Gasteiger partial charge on any atom is 0.257 e. The summed E-state index contributed by atoms with van der Waals surface area (Å²) in [5.41, 5.74) is 4.06. The number of aromatic nitrogens is 3. The second kappa shape index (κ2) is 7.39. The molecular formula is C23H20N4O2. The molecule has 1 aliphatic rings. The van der Waals surface area contributed by atoms with E-state index in [0.29, 0.717) is 25.2 Å². The van der Waals surface area contributed by atoms with E-state index in [-0.39, 0.29) is 11.8 Å². The molecule has 6 nitrogen and oxygen atoms in total. The summed E-state index contributed by atoms with van der Waals surface area (Å²) >= 11 is 0. The molecule has 144 valence electrons. The van der Waals surface area contributed by atoms with E-state index in [0.717, 1.165) is 17.0 Å². The summed E-state index contributed by atoms with van der Waals surface area (Å²) in [5.74, 6) is 0.928. The Balaban J connectivity index is 1.51. The summed E-state index contributed by atoms with van der Waals surface area (Å²) in [5, 5.41) is 0. The Hall–Kier alpha value is -3.67. The molecule has 5 rings (SSSR count). The molecule has 1 amide bonds. The minimum atomic E-state index is -0.0244. The van der Waals surface area contributed by atoms with Crippen molar-refractivity contribution in [2.75, 3.05) is 6.54 Å². The number of hydrogen-bond donors (Lipinski definition) is 0. The van der Waals surface area contributed by atoms with E-state index in [1.54, 1.807) is 12.3 Å². The number of imidazole rings is 1. The number of amides is 1. The molecule has 1 aromatic carbocycles. The van der Waals surface area contributed by atoms with Gasteiger partial charge < -0.3 is 13.9 Å². The number of carbonyl (C=O) groups excluding carboxylic acids is 1. The van der Waals surface area contributed by atoms with Crippen LogP contribution in [0.1, 0.15) is 38.8 Å². The van der Waals surface area contributed by atoms with Crippen LogP contribution in [0.15, 0.2) is 84.2 Å². The minimum Gasteiger partial charge on any atom is -0.472 e. The number of benzene rings is 1.